The number of nitrogens with one attached hydrogen (secondary N) is 1. The van der Waals surface area contributed by atoms with Crippen LogP contribution in [0.25, 0.3) is 0 Å². The van der Waals surface area contributed by atoms with E-state index in [0.717, 1.165) is 24.4 Å². The summed E-state index contributed by atoms with van der Waals surface area (Å²) >= 11 is 0. The van der Waals surface area contributed by atoms with E-state index < -0.39 is 17.5 Å². The van der Waals surface area contributed by atoms with Crippen molar-refractivity contribution in [1.82, 2.24) is 4.98 Å². The van der Waals surface area contributed by atoms with Gasteiger partial charge in [0.2, 0.25) is 0 Å². The number of hydrogen-bond donors (Lipinski definition) is 2. The lowest BCUT2D eigenvalue weighted by Crippen LogP contribution is -2.15. The Bertz CT molecular complexity index is 662. The van der Waals surface area contributed by atoms with Gasteiger partial charge in [0.1, 0.15) is 23.2 Å². The van der Waals surface area contributed by atoms with Crippen molar-refractivity contribution in [2.24, 2.45) is 0 Å². The maximum Gasteiger partial charge on any atom is 0.259 e. The molecule has 0 saturated carbocycles. The number of nitrogens with zero attached hydrogens (tertiary/aromatic N) is 1. The zero-order chi connectivity index (χ0) is 14.7. The van der Waals surface area contributed by atoms with Gasteiger partial charge >= 0.3 is 0 Å². The van der Waals surface area contributed by atoms with E-state index in [9.17, 15) is 13.6 Å². The molecule has 2 rings (SSSR count). The van der Waals surface area contributed by atoms with Crippen molar-refractivity contribution in [3.63, 3.8) is 0 Å². The standard InChI is InChI=1S/C13H11F2N3O2/c1-20-11-5-7(14)2-3-10(11)18-13(19)9-4-8(15)6-17-12(9)16/h2-6H,1H3,(H2,16,17)(H,18,19). The average molecular weight is 279 g/mol. The quantitative estimate of drug-likeness (QED) is 0.903. The highest BCUT2D eigenvalue weighted by Crippen LogP contribution is 2.26. The minimum Gasteiger partial charge on any atom is -0.494 e. The predicted molar refractivity (Wildman–Crippen MR) is 69.5 cm³/mol. The Hall–Kier alpha value is -2.70. The summed E-state index contributed by atoms with van der Waals surface area (Å²) in [6.07, 6.45) is 0.907. The maximum atomic E-state index is 13.1. The van der Waals surface area contributed by atoms with E-state index in [1.54, 1.807) is 0 Å². The van der Waals surface area contributed by atoms with Gasteiger partial charge in [0.15, 0.2) is 0 Å². The van der Waals surface area contributed by atoms with Crippen molar-refractivity contribution in [2.45, 2.75) is 0 Å². The number of methoxy groups -OCH3 is 1. The minimum absolute atomic E-state index is 0.107. The molecule has 1 aromatic carbocycles. The molecule has 2 aromatic rings. The van der Waals surface area contributed by atoms with Crippen molar-refractivity contribution in [3.05, 3.63) is 47.7 Å². The summed E-state index contributed by atoms with van der Waals surface area (Å²) in [5.41, 5.74) is 5.63. The number of amides is 1. The van der Waals surface area contributed by atoms with Crippen molar-refractivity contribution in [2.75, 3.05) is 18.2 Å². The van der Waals surface area contributed by atoms with Gasteiger partial charge < -0.3 is 15.8 Å². The molecule has 0 saturated heterocycles. The smallest absolute Gasteiger partial charge is 0.259 e. The van der Waals surface area contributed by atoms with Crippen molar-refractivity contribution < 1.29 is 18.3 Å². The molecule has 0 aliphatic rings. The van der Waals surface area contributed by atoms with Crippen LogP contribution in [0, 0.1) is 11.6 Å². The Morgan fingerprint density at radius 3 is 2.75 bits per heavy atom. The van der Waals surface area contributed by atoms with E-state index in [1.807, 2.05) is 0 Å². The monoisotopic (exact) mass is 279 g/mol. The summed E-state index contributed by atoms with van der Waals surface area (Å²) < 4.78 is 31.1. The highest BCUT2D eigenvalue weighted by atomic mass is 19.1. The molecule has 3 N–H and O–H groups in total. The summed E-state index contributed by atoms with van der Waals surface area (Å²) in [7, 11) is 1.34. The van der Waals surface area contributed by atoms with E-state index in [0.29, 0.717) is 0 Å². The van der Waals surface area contributed by atoms with Crippen LogP contribution < -0.4 is 15.8 Å². The molecule has 0 atom stereocenters. The largest absolute Gasteiger partial charge is 0.494 e. The van der Waals surface area contributed by atoms with Crippen LogP contribution in [0.4, 0.5) is 20.3 Å². The SMILES string of the molecule is COc1cc(F)ccc1NC(=O)c1cc(F)cnc1N. The first-order valence-electron chi connectivity index (χ1n) is 5.57. The number of rotatable bonds is 3. The number of nitrogen functional groups attached to an aromatic ring is 1. The molecular weight excluding hydrogens is 268 g/mol. The van der Waals surface area contributed by atoms with E-state index >= 15 is 0 Å². The molecular formula is C13H11F2N3O2. The summed E-state index contributed by atoms with van der Waals surface area (Å²) in [4.78, 5) is 15.5. The number of halogens is 2. The number of pyridine rings is 1. The van der Waals surface area contributed by atoms with Crippen LogP contribution in [0.15, 0.2) is 30.5 Å². The van der Waals surface area contributed by atoms with Gasteiger partial charge in [-0.3, -0.25) is 4.79 Å². The maximum absolute atomic E-state index is 13.1. The van der Waals surface area contributed by atoms with Gasteiger partial charge in [0.05, 0.1) is 24.6 Å². The molecule has 0 aliphatic carbocycles. The van der Waals surface area contributed by atoms with Crippen molar-refractivity contribution in [1.29, 1.82) is 0 Å². The molecule has 0 spiro atoms. The average Bonchev–Trinajstić information content (AvgIpc) is 2.43. The Morgan fingerprint density at radius 2 is 2.05 bits per heavy atom. The summed E-state index contributed by atoms with van der Waals surface area (Å²) in [5.74, 6) is -1.83. The first-order chi connectivity index (χ1) is 9.51. The Balaban J connectivity index is 2.30. The third kappa shape index (κ3) is 2.82. The summed E-state index contributed by atoms with van der Waals surface area (Å²) in [6.45, 7) is 0. The normalized spacial score (nSPS) is 10.2. The Kier molecular flexibility index (Phi) is 3.79. The Morgan fingerprint density at radius 1 is 1.30 bits per heavy atom. The fraction of sp³-hybridized carbons (Fsp3) is 0.0769. The molecule has 0 radical (unpaired) electrons. The summed E-state index contributed by atoms with van der Waals surface area (Å²) in [5, 5.41) is 2.46. The second kappa shape index (κ2) is 5.52. The zero-order valence-electron chi connectivity index (χ0n) is 10.5. The van der Waals surface area contributed by atoms with Gasteiger partial charge in [0, 0.05) is 6.07 Å². The molecule has 20 heavy (non-hydrogen) atoms. The second-order valence-electron chi connectivity index (χ2n) is 3.89. The fourth-order valence-corrected chi connectivity index (χ4v) is 1.59. The van der Waals surface area contributed by atoms with Crippen LogP contribution in [0.5, 0.6) is 5.75 Å². The van der Waals surface area contributed by atoms with Gasteiger partial charge in [0.25, 0.3) is 5.91 Å². The van der Waals surface area contributed by atoms with Gasteiger partial charge in [-0.1, -0.05) is 0 Å². The van der Waals surface area contributed by atoms with E-state index in [1.165, 1.54) is 13.2 Å². The predicted octanol–water partition coefficient (Wildman–Crippen LogP) is 2.20. The number of carbonyl (C=O) groups excluding carboxylic acids is 1. The minimum atomic E-state index is -0.685. The molecule has 0 fully saturated rings. The molecule has 1 amide bonds. The van der Waals surface area contributed by atoms with Crippen LogP contribution in [-0.4, -0.2) is 18.0 Å². The highest BCUT2D eigenvalue weighted by molar-refractivity contribution is 6.07. The van der Waals surface area contributed by atoms with Crippen LogP contribution in [-0.2, 0) is 0 Å². The first-order valence-corrected chi connectivity index (χ1v) is 5.57. The van der Waals surface area contributed by atoms with Gasteiger partial charge in [-0.25, -0.2) is 13.8 Å². The lowest BCUT2D eigenvalue weighted by atomic mass is 10.2. The molecule has 7 heteroatoms. The molecule has 0 unspecified atom stereocenters. The molecule has 0 bridgehead atoms. The number of aromatic nitrogens is 1. The van der Waals surface area contributed by atoms with Crippen LogP contribution >= 0.6 is 0 Å². The number of anilines is 2. The van der Waals surface area contributed by atoms with Crippen LogP contribution in [0.1, 0.15) is 10.4 Å². The van der Waals surface area contributed by atoms with Gasteiger partial charge in [-0.2, -0.15) is 0 Å². The number of ether oxygens (including phenoxy) is 1. The molecule has 1 aromatic heterocycles. The highest BCUT2D eigenvalue weighted by Gasteiger charge is 2.14. The third-order valence-electron chi connectivity index (χ3n) is 2.54. The fourth-order valence-electron chi connectivity index (χ4n) is 1.59. The van der Waals surface area contributed by atoms with Crippen molar-refractivity contribution >= 4 is 17.4 Å². The zero-order valence-corrected chi connectivity index (χ0v) is 10.5. The molecule has 0 aliphatic heterocycles. The molecule has 5 nitrogen and oxygen atoms in total. The number of nitrogens with two attached hydrogens (primary N) is 1. The van der Waals surface area contributed by atoms with E-state index in [2.05, 4.69) is 10.3 Å². The third-order valence-corrected chi connectivity index (χ3v) is 2.54. The van der Waals surface area contributed by atoms with E-state index in [-0.39, 0.29) is 22.8 Å². The van der Waals surface area contributed by atoms with Crippen molar-refractivity contribution in [3.8, 4) is 5.75 Å². The Labute approximate surface area is 113 Å². The summed E-state index contributed by atoms with van der Waals surface area (Å²) in [6, 6.07) is 4.57. The molecule has 104 valence electrons. The topological polar surface area (TPSA) is 77.2 Å². The number of hydrogen-bond acceptors (Lipinski definition) is 4. The lowest BCUT2D eigenvalue weighted by molar-refractivity contribution is 0.102. The van der Waals surface area contributed by atoms with Crippen LogP contribution in [0.2, 0.25) is 0 Å². The molecule has 1 heterocycles. The van der Waals surface area contributed by atoms with Gasteiger partial charge in [-0.15, -0.1) is 0 Å². The second-order valence-corrected chi connectivity index (χ2v) is 3.89. The lowest BCUT2D eigenvalue weighted by Gasteiger charge is -2.11. The van der Waals surface area contributed by atoms with Crippen LogP contribution in [0.3, 0.4) is 0 Å². The van der Waals surface area contributed by atoms with E-state index in [4.69, 9.17) is 10.5 Å². The first kappa shape index (κ1) is 13.7. The number of carbonyl (C=O) groups is 1. The number of benzene rings is 1. The van der Waals surface area contributed by atoms with Gasteiger partial charge in [-0.05, 0) is 18.2 Å².